The van der Waals surface area contributed by atoms with E-state index in [0.717, 1.165) is 22.4 Å². The van der Waals surface area contributed by atoms with Crippen molar-refractivity contribution < 1.29 is 14.6 Å². The maximum absolute atomic E-state index is 10.3. The van der Waals surface area contributed by atoms with E-state index in [1.54, 1.807) is 14.2 Å². The van der Waals surface area contributed by atoms with Gasteiger partial charge < -0.3 is 14.6 Å². The molecule has 0 aliphatic heterocycles. The van der Waals surface area contributed by atoms with Crippen LogP contribution in [0.15, 0.2) is 48.5 Å². The number of aliphatic hydroxyl groups excluding tert-OH is 1. The SMILES string of the molecule is COCc1ccc(C(O)Cc2ccccc2OC)cc1. The maximum Gasteiger partial charge on any atom is 0.122 e. The summed E-state index contributed by atoms with van der Waals surface area (Å²) in [5, 5.41) is 10.3. The molecule has 0 bridgehead atoms. The third-order valence-corrected chi connectivity index (χ3v) is 3.28. The molecule has 0 amide bonds. The van der Waals surface area contributed by atoms with Crippen molar-refractivity contribution in [1.82, 2.24) is 0 Å². The van der Waals surface area contributed by atoms with Gasteiger partial charge in [-0.05, 0) is 22.8 Å². The summed E-state index contributed by atoms with van der Waals surface area (Å²) >= 11 is 0. The summed E-state index contributed by atoms with van der Waals surface area (Å²) in [6, 6.07) is 15.6. The Morgan fingerprint density at radius 1 is 1.00 bits per heavy atom. The number of ether oxygens (including phenoxy) is 2. The van der Waals surface area contributed by atoms with Gasteiger partial charge in [-0.3, -0.25) is 0 Å². The molecule has 1 atom stereocenters. The number of hydrogen-bond donors (Lipinski definition) is 1. The van der Waals surface area contributed by atoms with E-state index in [1.807, 2.05) is 48.5 Å². The van der Waals surface area contributed by atoms with Crippen LogP contribution >= 0.6 is 0 Å². The van der Waals surface area contributed by atoms with E-state index in [4.69, 9.17) is 9.47 Å². The summed E-state index contributed by atoms with van der Waals surface area (Å²) in [6.07, 6.45) is -0.00363. The minimum Gasteiger partial charge on any atom is -0.496 e. The molecule has 0 radical (unpaired) electrons. The molecule has 0 heterocycles. The summed E-state index contributed by atoms with van der Waals surface area (Å²) < 4.78 is 10.4. The van der Waals surface area contributed by atoms with Crippen LogP contribution in [0.25, 0.3) is 0 Å². The Labute approximate surface area is 119 Å². The number of benzene rings is 2. The van der Waals surface area contributed by atoms with Crippen LogP contribution in [0.2, 0.25) is 0 Å². The molecule has 0 saturated carbocycles. The first-order valence-electron chi connectivity index (χ1n) is 6.62. The first-order chi connectivity index (χ1) is 9.74. The Balaban J connectivity index is 2.09. The molecule has 2 rings (SSSR count). The largest absolute Gasteiger partial charge is 0.496 e. The zero-order valence-electron chi connectivity index (χ0n) is 11.9. The van der Waals surface area contributed by atoms with Crippen molar-refractivity contribution in [3.05, 3.63) is 65.2 Å². The predicted octanol–water partition coefficient (Wildman–Crippen LogP) is 3.12. The fraction of sp³-hybridized carbons (Fsp3) is 0.294. The molecule has 2 aromatic carbocycles. The van der Waals surface area contributed by atoms with Crippen molar-refractivity contribution in [1.29, 1.82) is 0 Å². The van der Waals surface area contributed by atoms with Gasteiger partial charge in [-0.15, -0.1) is 0 Å². The van der Waals surface area contributed by atoms with E-state index in [-0.39, 0.29) is 0 Å². The van der Waals surface area contributed by atoms with Crippen LogP contribution in [0.5, 0.6) is 5.75 Å². The standard InChI is InChI=1S/C17H20O3/c1-19-12-13-7-9-14(10-8-13)16(18)11-15-5-3-4-6-17(15)20-2/h3-10,16,18H,11-12H2,1-2H3. The summed E-state index contributed by atoms with van der Waals surface area (Å²) in [5.74, 6) is 0.808. The van der Waals surface area contributed by atoms with Crippen LogP contribution in [0.3, 0.4) is 0 Å². The van der Waals surface area contributed by atoms with Crippen molar-refractivity contribution in [2.75, 3.05) is 14.2 Å². The monoisotopic (exact) mass is 272 g/mol. The Morgan fingerprint density at radius 3 is 2.35 bits per heavy atom. The van der Waals surface area contributed by atoms with E-state index in [0.29, 0.717) is 13.0 Å². The molecule has 20 heavy (non-hydrogen) atoms. The molecular formula is C17H20O3. The first-order valence-corrected chi connectivity index (χ1v) is 6.62. The first kappa shape index (κ1) is 14.6. The fourth-order valence-corrected chi connectivity index (χ4v) is 2.20. The lowest BCUT2D eigenvalue weighted by Crippen LogP contribution is -2.03. The fourth-order valence-electron chi connectivity index (χ4n) is 2.20. The molecule has 2 aromatic rings. The lowest BCUT2D eigenvalue weighted by Gasteiger charge is -2.14. The van der Waals surface area contributed by atoms with E-state index < -0.39 is 6.10 Å². The highest BCUT2D eigenvalue weighted by Crippen LogP contribution is 2.25. The van der Waals surface area contributed by atoms with Crippen molar-refractivity contribution >= 4 is 0 Å². The van der Waals surface area contributed by atoms with Crippen LogP contribution in [-0.2, 0) is 17.8 Å². The number of para-hydroxylation sites is 1. The van der Waals surface area contributed by atoms with Gasteiger partial charge in [0.05, 0.1) is 19.8 Å². The van der Waals surface area contributed by atoms with Crippen LogP contribution in [0.4, 0.5) is 0 Å². The predicted molar refractivity (Wildman–Crippen MR) is 78.8 cm³/mol. The summed E-state index contributed by atoms with van der Waals surface area (Å²) in [7, 11) is 3.31. The molecule has 0 aliphatic carbocycles. The van der Waals surface area contributed by atoms with Gasteiger partial charge >= 0.3 is 0 Å². The molecule has 0 fully saturated rings. The topological polar surface area (TPSA) is 38.7 Å². The lowest BCUT2D eigenvalue weighted by atomic mass is 10.00. The van der Waals surface area contributed by atoms with Gasteiger partial charge in [-0.2, -0.15) is 0 Å². The van der Waals surface area contributed by atoms with Gasteiger partial charge in [0.1, 0.15) is 5.75 Å². The molecule has 0 saturated heterocycles. The van der Waals surface area contributed by atoms with Crippen molar-refractivity contribution in [2.24, 2.45) is 0 Å². The molecule has 3 heteroatoms. The van der Waals surface area contributed by atoms with Crippen LogP contribution in [0, 0.1) is 0 Å². The molecule has 1 N–H and O–H groups in total. The van der Waals surface area contributed by atoms with Gasteiger partial charge in [0, 0.05) is 13.5 Å². The maximum atomic E-state index is 10.3. The number of rotatable bonds is 6. The summed E-state index contributed by atoms with van der Waals surface area (Å²) in [5.41, 5.74) is 3.00. The molecule has 3 nitrogen and oxygen atoms in total. The molecule has 0 aliphatic rings. The van der Waals surface area contributed by atoms with Gasteiger partial charge in [-0.25, -0.2) is 0 Å². The molecule has 106 valence electrons. The molecular weight excluding hydrogens is 252 g/mol. The molecule has 0 spiro atoms. The lowest BCUT2D eigenvalue weighted by molar-refractivity contribution is 0.176. The highest BCUT2D eigenvalue weighted by atomic mass is 16.5. The van der Waals surface area contributed by atoms with E-state index in [1.165, 1.54) is 0 Å². The van der Waals surface area contributed by atoms with Gasteiger partial charge in [0.2, 0.25) is 0 Å². The van der Waals surface area contributed by atoms with Gasteiger partial charge in [0.25, 0.3) is 0 Å². The van der Waals surface area contributed by atoms with Crippen molar-refractivity contribution in [3.63, 3.8) is 0 Å². The van der Waals surface area contributed by atoms with Crippen LogP contribution < -0.4 is 4.74 Å². The van der Waals surface area contributed by atoms with Crippen LogP contribution in [0.1, 0.15) is 22.8 Å². The van der Waals surface area contributed by atoms with Gasteiger partial charge in [0.15, 0.2) is 0 Å². The minimum atomic E-state index is -0.539. The number of aliphatic hydroxyl groups is 1. The highest BCUT2D eigenvalue weighted by molar-refractivity contribution is 5.35. The average molecular weight is 272 g/mol. The third-order valence-electron chi connectivity index (χ3n) is 3.28. The number of hydrogen-bond acceptors (Lipinski definition) is 3. The average Bonchev–Trinajstić information content (AvgIpc) is 2.49. The van der Waals surface area contributed by atoms with Crippen molar-refractivity contribution in [3.8, 4) is 5.75 Å². The normalized spacial score (nSPS) is 12.2. The quantitative estimate of drug-likeness (QED) is 0.878. The molecule has 1 unspecified atom stereocenters. The highest BCUT2D eigenvalue weighted by Gasteiger charge is 2.11. The second-order valence-electron chi connectivity index (χ2n) is 4.71. The number of methoxy groups -OCH3 is 2. The zero-order valence-corrected chi connectivity index (χ0v) is 11.9. The Hall–Kier alpha value is -1.84. The van der Waals surface area contributed by atoms with E-state index in [2.05, 4.69) is 0 Å². The Morgan fingerprint density at radius 2 is 1.70 bits per heavy atom. The third kappa shape index (κ3) is 3.59. The van der Waals surface area contributed by atoms with E-state index >= 15 is 0 Å². The molecule has 0 aromatic heterocycles. The Kier molecular flexibility index (Phi) is 5.16. The Bertz CT molecular complexity index is 534. The van der Waals surface area contributed by atoms with Crippen molar-refractivity contribution in [2.45, 2.75) is 19.1 Å². The summed E-state index contributed by atoms with van der Waals surface area (Å²) in [4.78, 5) is 0. The van der Waals surface area contributed by atoms with E-state index in [9.17, 15) is 5.11 Å². The second kappa shape index (κ2) is 7.08. The van der Waals surface area contributed by atoms with Crippen LogP contribution in [-0.4, -0.2) is 19.3 Å². The summed E-state index contributed by atoms with van der Waals surface area (Å²) in [6.45, 7) is 0.586. The van der Waals surface area contributed by atoms with Gasteiger partial charge in [-0.1, -0.05) is 42.5 Å². The smallest absolute Gasteiger partial charge is 0.122 e. The zero-order chi connectivity index (χ0) is 14.4. The second-order valence-corrected chi connectivity index (χ2v) is 4.71. The minimum absolute atomic E-state index is 0.535.